The van der Waals surface area contributed by atoms with E-state index < -0.39 is 0 Å². The van der Waals surface area contributed by atoms with Crippen LogP contribution >= 0.6 is 0 Å². The van der Waals surface area contributed by atoms with Crippen LogP contribution in [-0.4, -0.2) is 16.2 Å². The summed E-state index contributed by atoms with van der Waals surface area (Å²) in [5.74, 6) is 2.82. The Bertz CT molecular complexity index is 1200. The first kappa shape index (κ1) is 21.9. The van der Waals surface area contributed by atoms with E-state index in [1.165, 1.54) is 16.7 Å². The standard InChI is InChI=1S/C28H32N2O2/c1-5-26(32-23-11-8-10-20(2)19-23)28-29-24-12-6-7-13-25(24)30(28)16-9-17-31-27-15-14-21(3)18-22(27)4/h6-8,10-15,18-19,26H,5,9,16-17H2,1-4H3. The molecule has 4 aromatic rings. The highest BCUT2D eigenvalue weighted by Crippen LogP contribution is 2.28. The molecule has 0 spiro atoms. The second-order valence-electron chi connectivity index (χ2n) is 8.41. The molecule has 4 nitrogen and oxygen atoms in total. The lowest BCUT2D eigenvalue weighted by molar-refractivity contribution is 0.185. The second kappa shape index (κ2) is 9.90. The van der Waals surface area contributed by atoms with Crippen LogP contribution in [0, 0.1) is 20.8 Å². The lowest BCUT2D eigenvalue weighted by atomic mass is 10.1. The highest BCUT2D eigenvalue weighted by Gasteiger charge is 2.20. The van der Waals surface area contributed by atoms with Gasteiger partial charge in [-0.3, -0.25) is 0 Å². The van der Waals surface area contributed by atoms with E-state index in [1.807, 2.05) is 18.2 Å². The molecule has 0 N–H and O–H groups in total. The molecule has 0 aliphatic rings. The monoisotopic (exact) mass is 428 g/mol. The Labute approximate surface area is 190 Å². The van der Waals surface area contributed by atoms with Crippen molar-refractivity contribution in [3.63, 3.8) is 0 Å². The zero-order valence-corrected chi connectivity index (χ0v) is 19.5. The third-order valence-electron chi connectivity index (χ3n) is 5.72. The molecule has 0 radical (unpaired) electrons. The lowest BCUT2D eigenvalue weighted by Gasteiger charge is -2.19. The molecule has 0 aliphatic carbocycles. The van der Waals surface area contributed by atoms with Crippen LogP contribution in [0.5, 0.6) is 11.5 Å². The minimum Gasteiger partial charge on any atom is -0.493 e. The van der Waals surface area contributed by atoms with Crippen molar-refractivity contribution in [3.05, 3.63) is 89.2 Å². The molecular weight excluding hydrogens is 396 g/mol. The molecule has 32 heavy (non-hydrogen) atoms. The maximum Gasteiger partial charge on any atom is 0.156 e. The molecule has 166 valence electrons. The van der Waals surface area contributed by atoms with Crippen LogP contribution in [0.4, 0.5) is 0 Å². The van der Waals surface area contributed by atoms with Gasteiger partial charge in [-0.1, -0.05) is 48.9 Å². The summed E-state index contributed by atoms with van der Waals surface area (Å²) in [4.78, 5) is 4.96. The average molecular weight is 429 g/mol. The van der Waals surface area contributed by atoms with Crippen LogP contribution in [0.15, 0.2) is 66.7 Å². The number of nitrogens with zero attached hydrogens (tertiary/aromatic N) is 2. The van der Waals surface area contributed by atoms with E-state index in [0.717, 1.165) is 47.7 Å². The molecule has 0 fully saturated rings. The fourth-order valence-corrected chi connectivity index (χ4v) is 4.11. The smallest absolute Gasteiger partial charge is 0.156 e. The van der Waals surface area contributed by atoms with Gasteiger partial charge in [0.2, 0.25) is 0 Å². The molecule has 4 rings (SSSR count). The van der Waals surface area contributed by atoms with Crippen LogP contribution in [0.2, 0.25) is 0 Å². The minimum absolute atomic E-state index is 0.107. The molecule has 4 heteroatoms. The third-order valence-corrected chi connectivity index (χ3v) is 5.72. The first-order valence-corrected chi connectivity index (χ1v) is 11.4. The predicted octanol–water partition coefficient (Wildman–Crippen LogP) is 6.96. The number of hydrogen-bond donors (Lipinski definition) is 0. The summed E-state index contributed by atoms with van der Waals surface area (Å²) in [5.41, 5.74) is 5.76. The summed E-state index contributed by atoms with van der Waals surface area (Å²) in [6.45, 7) is 9.91. The fraction of sp³-hybridized carbons (Fsp3) is 0.321. The van der Waals surface area contributed by atoms with E-state index in [0.29, 0.717) is 6.61 Å². The minimum atomic E-state index is -0.107. The van der Waals surface area contributed by atoms with E-state index >= 15 is 0 Å². The Balaban J connectivity index is 1.52. The zero-order valence-electron chi connectivity index (χ0n) is 19.5. The van der Waals surface area contributed by atoms with Gasteiger partial charge < -0.3 is 14.0 Å². The van der Waals surface area contributed by atoms with Crippen molar-refractivity contribution in [2.24, 2.45) is 0 Å². The van der Waals surface area contributed by atoms with Gasteiger partial charge in [0.15, 0.2) is 11.9 Å². The van der Waals surface area contributed by atoms with Crippen LogP contribution in [-0.2, 0) is 6.54 Å². The predicted molar refractivity (Wildman–Crippen MR) is 131 cm³/mol. The van der Waals surface area contributed by atoms with Crippen molar-refractivity contribution in [1.82, 2.24) is 9.55 Å². The molecule has 1 unspecified atom stereocenters. The largest absolute Gasteiger partial charge is 0.493 e. The van der Waals surface area contributed by atoms with Gasteiger partial charge in [0.1, 0.15) is 11.5 Å². The Morgan fingerprint density at radius 2 is 1.72 bits per heavy atom. The van der Waals surface area contributed by atoms with Crippen LogP contribution in [0.25, 0.3) is 11.0 Å². The van der Waals surface area contributed by atoms with Crippen molar-refractivity contribution in [1.29, 1.82) is 0 Å². The van der Waals surface area contributed by atoms with E-state index in [-0.39, 0.29) is 6.10 Å². The third kappa shape index (κ3) is 4.96. The number of fused-ring (bicyclic) bond motifs is 1. The summed E-state index contributed by atoms with van der Waals surface area (Å²) in [6.07, 6.45) is 1.63. The van der Waals surface area contributed by atoms with Gasteiger partial charge >= 0.3 is 0 Å². The average Bonchev–Trinajstić information content (AvgIpc) is 3.14. The van der Waals surface area contributed by atoms with Crippen LogP contribution in [0.1, 0.15) is 48.4 Å². The summed E-state index contributed by atoms with van der Waals surface area (Å²) in [5, 5.41) is 0. The number of para-hydroxylation sites is 2. The van der Waals surface area contributed by atoms with Gasteiger partial charge in [-0.05, 0) is 75.1 Å². The number of aromatic nitrogens is 2. The van der Waals surface area contributed by atoms with Gasteiger partial charge in [0, 0.05) is 6.54 Å². The molecule has 0 bridgehead atoms. The SMILES string of the molecule is CCC(Oc1cccc(C)c1)c1nc2ccccc2n1CCCOc1ccc(C)cc1C. The number of rotatable bonds is 9. The maximum absolute atomic E-state index is 6.39. The molecule has 1 heterocycles. The molecular formula is C28H32N2O2. The summed E-state index contributed by atoms with van der Waals surface area (Å²) >= 11 is 0. The summed E-state index contributed by atoms with van der Waals surface area (Å²) in [7, 11) is 0. The Hall–Kier alpha value is -3.27. The van der Waals surface area contributed by atoms with Crippen LogP contribution < -0.4 is 9.47 Å². The summed E-state index contributed by atoms with van der Waals surface area (Å²) in [6, 6.07) is 22.8. The van der Waals surface area contributed by atoms with Gasteiger partial charge in [0.05, 0.1) is 17.6 Å². The zero-order chi connectivity index (χ0) is 22.5. The van der Waals surface area contributed by atoms with Crippen molar-refractivity contribution in [2.45, 2.75) is 53.2 Å². The molecule has 1 aromatic heterocycles. The molecule has 0 aliphatic heterocycles. The van der Waals surface area contributed by atoms with Crippen molar-refractivity contribution in [2.75, 3.05) is 6.61 Å². The van der Waals surface area contributed by atoms with E-state index in [1.54, 1.807) is 0 Å². The molecule has 0 saturated heterocycles. The lowest BCUT2D eigenvalue weighted by Crippen LogP contribution is -2.15. The van der Waals surface area contributed by atoms with Crippen molar-refractivity contribution < 1.29 is 9.47 Å². The molecule has 0 saturated carbocycles. The maximum atomic E-state index is 6.39. The van der Waals surface area contributed by atoms with Gasteiger partial charge in [-0.25, -0.2) is 4.98 Å². The van der Waals surface area contributed by atoms with Gasteiger partial charge in [-0.15, -0.1) is 0 Å². The molecule has 1 atom stereocenters. The van der Waals surface area contributed by atoms with Gasteiger partial charge in [-0.2, -0.15) is 0 Å². The first-order valence-electron chi connectivity index (χ1n) is 11.4. The Kier molecular flexibility index (Phi) is 6.79. The van der Waals surface area contributed by atoms with Crippen LogP contribution in [0.3, 0.4) is 0 Å². The number of ether oxygens (including phenoxy) is 2. The summed E-state index contributed by atoms with van der Waals surface area (Å²) < 4.78 is 14.8. The number of aryl methyl sites for hydroxylation is 4. The number of benzene rings is 3. The van der Waals surface area contributed by atoms with Crippen molar-refractivity contribution in [3.8, 4) is 11.5 Å². The van der Waals surface area contributed by atoms with Crippen molar-refractivity contribution >= 4 is 11.0 Å². The molecule has 0 amide bonds. The van der Waals surface area contributed by atoms with Gasteiger partial charge in [0.25, 0.3) is 0 Å². The topological polar surface area (TPSA) is 36.3 Å². The van der Waals surface area contributed by atoms with E-state index in [2.05, 4.69) is 80.8 Å². The Morgan fingerprint density at radius 1 is 0.906 bits per heavy atom. The molecule has 3 aromatic carbocycles. The number of imidazole rings is 1. The van der Waals surface area contributed by atoms with E-state index in [9.17, 15) is 0 Å². The fourth-order valence-electron chi connectivity index (χ4n) is 4.11. The Morgan fingerprint density at radius 3 is 2.50 bits per heavy atom. The quantitative estimate of drug-likeness (QED) is 0.270. The highest BCUT2D eigenvalue weighted by atomic mass is 16.5. The first-order chi connectivity index (χ1) is 15.5. The normalized spacial score (nSPS) is 12.1. The number of hydrogen-bond acceptors (Lipinski definition) is 3. The van der Waals surface area contributed by atoms with E-state index in [4.69, 9.17) is 14.5 Å². The second-order valence-corrected chi connectivity index (χ2v) is 8.41. The highest BCUT2D eigenvalue weighted by molar-refractivity contribution is 5.76.